The number of hydrogen-bond donors (Lipinski definition) is 2. The lowest BCUT2D eigenvalue weighted by molar-refractivity contribution is -0.146. The fourth-order valence-corrected chi connectivity index (χ4v) is 3.90. The minimum Gasteiger partial charge on any atom is -0.371 e. The summed E-state index contributed by atoms with van der Waals surface area (Å²) in [5.74, 6) is 0.543. The molecule has 0 radical (unpaired) electrons. The summed E-state index contributed by atoms with van der Waals surface area (Å²) in [6.45, 7) is 4.43. The van der Waals surface area contributed by atoms with Crippen LogP contribution in [-0.4, -0.2) is 51.3 Å². The summed E-state index contributed by atoms with van der Waals surface area (Å²) in [7, 11) is 1.65. The summed E-state index contributed by atoms with van der Waals surface area (Å²) in [4.78, 5) is 15.0. The summed E-state index contributed by atoms with van der Waals surface area (Å²) < 4.78 is 6.69. The Bertz CT molecular complexity index is 558. The number of methoxy groups -OCH3 is 1. The molecule has 2 aliphatic heterocycles. The quantitative estimate of drug-likeness (QED) is 0.801. The smallest absolute Gasteiger partial charge is 0.252 e. The Morgan fingerprint density at radius 2 is 2.08 bits per heavy atom. The first-order valence-corrected chi connectivity index (χ1v) is 9.47. The molecule has 0 saturated carbocycles. The maximum atomic E-state index is 12.6. The van der Waals surface area contributed by atoms with Crippen LogP contribution < -0.4 is 15.5 Å². The Morgan fingerprint density at radius 3 is 2.75 bits per heavy atom. The Kier molecular flexibility index (Phi) is 5.79. The van der Waals surface area contributed by atoms with Crippen molar-refractivity contribution in [3.63, 3.8) is 0 Å². The van der Waals surface area contributed by atoms with Gasteiger partial charge in [-0.1, -0.05) is 15.9 Å². The molecule has 1 aromatic rings. The predicted octanol–water partition coefficient (Wildman–Crippen LogP) is 2.16. The number of hydrogen-bond acceptors (Lipinski definition) is 4. The van der Waals surface area contributed by atoms with Crippen LogP contribution >= 0.6 is 15.9 Å². The lowest BCUT2D eigenvalue weighted by Crippen LogP contribution is -2.54. The first-order valence-electron chi connectivity index (χ1n) is 8.68. The highest BCUT2D eigenvalue weighted by Gasteiger charge is 2.39. The molecule has 2 saturated heterocycles. The molecule has 2 fully saturated rings. The van der Waals surface area contributed by atoms with Gasteiger partial charge in [0, 0.05) is 36.9 Å². The zero-order valence-corrected chi connectivity index (χ0v) is 15.8. The highest BCUT2D eigenvalue weighted by molar-refractivity contribution is 9.10. The van der Waals surface area contributed by atoms with Crippen LogP contribution in [0.3, 0.4) is 0 Å². The van der Waals surface area contributed by atoms with Crippen molar-refractivity contribution in [2.24, 2.45) is 5.92 Å². The molecule has 132 valence electrons. The van der Waals surface area contributed by atoms with Gasteiger partial charge >= 0.3 is 0 Å². The number of nitrogens with zero attached hydrogens (tertiary/aromatic N) is 1. The summed E-state index contributed by atoms with van der Waals surface area (Å²) in [5.41, 5.74) is 0.605. The third kappa shape index (κ3) is 3.92. The van der Waals surface area contributed by atoms with E-state index in [2.05, 4.69) is 55.7 Å². The molecule has 0 spiro atoms. The molecular formula is C18H26BrN3O2. The van der Waals surface area contributed by atoms with E-state index < -0.39 is 5.60 Å². The largest absolute Gasteiger partial charge is 0.371 e. The second-order valence-corrected chi connectivity index (χ2v) is 7.65. The Labute approximate surface area is 152 Å². The van der Waals surface area contributed by atoms with Crippen LogP contribution in [0.2, 0.25) is 0 Å². The van der Waals surface area contributed by atoms with Gasteiger partial charge in [0.15, 0.2) is 0 Å². The lowest BCUT2D eigenvalue weighted by Gasteiger charge is -2.35. The Morgan fingerprint density at radius 1 is 1.38 bits per heavy atom. The molecule has 2 heterocycles. The maximum absolute atomic E-state index is 12.6. The van der Waals surface area contributed by atoms with Gasteiger partial charge in [0.25, 0.3) is 5.91 Å². The Balaban J connectivity index is 1.50. The van der Waals surface area contributed by atoms with Gasteiger partial charge in [-0.25, -0.2) is 0 Å². The maximum Gasteiger partial charge on any atom is 0.252 e. The SMILES string of the molecule is COC1(C(=O)NCC2CCN(c3ccc(Br)cc3)C2)CCNCC1. The van der Waals surface area contributed by atoms with Crippen molar-refractivity contribution in [3.8, 4) is 0 Å². The van der Waals surface area contributed by atoms with Crippen molar-refractivity contribution >= 4 is 27.5 Å². The first kappa shape index (κ1) is 17.7. The van der Waals surface area contributed by atoms with Gasteiger partial charge in [-0.2, -0.15) is 0 Å². The summed E-state index contributed by atoms with van der Waals surface area (Å²) in [5, 5.41) is 6.43. The van der Waals surface area contributed by atoms with E-state index in [1.165, 1.54) is 5.69 Å². The molecule has 0 aliphatic carbocycles. The highest BCUT2D eigenvalue weighted by atomic mass is 79.9. The first-order chi connectivity index (χ1) is 11.6. The molecule has 1 atom stereocenters. The van der Waals surface area contributed by atoms with Crippen LogP contribution in [0.5, 0.6) is 0 Å². The molecule has 3 rings (SSSR count). The summed E-state index contributed by atoms with van der Waals surface area (Å²) >= 11 is 3.47. The van der Waals surface area contributed by atoms with E-state index in [4.69, 9.17) is 4.74 Å². The van der Waals surface area contributed by atoms with Crippen molar-refractivity contribution in [2.45, 2.75) is 24.9 Å². The minimum absolute atomic E-state index is 0.0496. The van der Waals surface area contributed by atoms with E-state index in [1.807, 2.05) is 0 Å². The van der Waals surface area contributed by atoms with Gasteiger partial charge in [-0.3, -0.25) is 4.79 Å². The molecule has 1 amide bonds. The number of anilines is 1. The van der Waals surface area contributed by atoms with Gasteiger partial charge in [-0.05, 0) is 62.5 Å². The van der Waals surface area contributed by atoms with Crippen molar-refractivity contribution in [3.05, 3.63) is 28.7 Å². The van der Waals surface area contributed by atoms with E-state index in [0.29, 0.717) is 5.92 Å². The van der Waals surface area contributed by atoms with Crippen molar-refractivity contribution < 1.29 is 9.53 Å². The van der Waals surface area contributed by atoms with Crippen molar-refractivity contribution in [1.29, 1.82) is 0 Å². The average molecular weight is 396 g/mol. The molecule has 1 aromatic carbocycles. The van der Waals surface area contributed by atoms with E-state index in [1.54, 1.807) is 7.11 Å². The second kappa shape index (κ2) is 7.85. The van der Waals surface area contributed by atoms with E-state index in [0.717, 1.165) is 56.5 Å². The van der Waals surface area contributed by atoms with Gasteiger partial charge in [0.2, 0.25) is 0 Å². The lowest BCUT2D eigenvalue weighted by atomic mass is 9.91. The molecule has 0 bridgehead atoms. The summed E-state index contributed by atoms with van der Waals surface area (Å²) in [6, 6.07) is 8.42. The fourth-order valence-electron chi connectivity index (χ4n) is 3.64. The Hall–Kier alpha value is -1.11. The number of carbonyl (C=O) groups is 1. The summed E-state index contributed by atoms with van der Waals surface area (Å²) in [6.07, 6.45) is 2.59. The molecule has 24 heavy (non-hydrogen) atoms. The molecular weight excluding hydrogens is 370 g/mol. The van der Waals surface area contributed by atoms with E-state index in [9.17, 15) is 4.79 Å². The number of piperidine rings is 1. The minimum atomic E-state index is -0.644. The molecule has 0 aromatic heterocycles. The van der Waals surface area contributed by atoms with Crippen molar-refractivity contribution in [2.75, 3.05) is 44.7 Å². The fraction of sp³-hybridized carbons (Fsp3) is 0.611. The normalized spacial score (nSPS) is 23.2. The molecule has 2 N–H and O–H groups in total. The molecule has 6 heteroatoms. The van der Waals surface area contributed by atoms with Crippen molar-refractivity contribution in [1.82, 2.24) is 10.6 Å². The molecule has 1 unspecified atom stereocenters. The number of ether oxygens (including phenoxy) is 1. The number of amides is 1. The topological polar surface area (TPSA) is 53.6 Å². The third-order valence-electron chi connectivity index (χ3n) is 5.24. The van der Waals surface area contributed by atoms with Gasteiger partial charge < -0.3 is 20.3 Å². The number of nitrogens with one attached hydrogen (secondary N) is 2. The zero-order valence-electron chi connectivity index (χ0n) is 14.2. The average Bonchev–Trinajstić information content (AvgIpc) is 3.10. The number of rotatable bonds is 5. The van der Waals surface area contributed by atoms with Crippen LogP contribution in [0, 0.1) is 5.92 Å². The van der Waals surface area contributed by atoms with Gasteiger partial charge in [-0.15, -0.1) is 0 Å². The van der Waals surface area contributed by atoms with Crippen LogP contribution in [0.4, 0.5) is 5.69 Å². The second-order valence-electron chi connectivity index (χ2n) is 6.74. The number of carbonyl (C=O) groups excluding carboxylic acids is 1. The monoisotopic (exact) mass is 395 g/mol. The third-order valence-corrected chi connectivity index (χ3v) is 5.77. The molecule has 5 nitrogen and oxygen atoms in total. The van der Waals surface area contributed by atoms with E-state index >= 15 is 0 Å². The molecule has 2 aliphatic rings. The van der Waals surface area contributed by atoms with Crippen LogP contribution in [0.15, 0.2) is 28.7 Å². The number of halogens is 1. The highest BCUT2D eigenvalue weighted by Crippen LogP contribution is 2.26. The standard InChI is InChI=1S/C18H26BrN3O2/c1-24-18(7-9-20-10-8-18)17(23)21-12-14-6-11-22(13-14)16-4-2-15(19)3-5-16/h2-5,14,20H,6-13H2,1H3,(H,21,23). The van der Waals surface area contributed by atoms with Gasteiger partial charge in [0.05, 0.1) is 0 Å². The van der Waals surface area contributed by atoms with Crippen LogP contribution in [-0.2, 0) is 9.53 Å². The van der Waals surface area contributed by atoms with Gasteiger partial charge in [0.1, 0.15) is 5.60 Å². The van der Waals surface area contributed by atoms with E-state index in [-0.39, 0.29) is 5.91 Å². The number of benzene rings is 1. The zero-order chi connectivity index (χ0) is 17.0. The van der Waals surface area contributed by atoms with Crippen LogP contribution in [0.25, 0.3) is 0 Å². The predicted molar refractivity (Wildman–Crippen MR) is 99.3 cm³/mol. The van der Waals surface area contributed by atoms with Crippen LogP contribution in [0.1, 0.15) is 19.3 Å².